The number of nitrogens with zero attached hydrogens (tertiary/aromatic N) is 2. The van der Waals surface area contributed by atoms with Gasteiger partial charge in [0.25, 0.3) is 0 Å². The van der Waals surface area contributed by atoms with E-state index < -0.39 is 0 Å². The van der Waals surface area contributed by atoms with Crippen molar-refractivity contribution in [1.29, 1.82) is 0 Å². The molecular weight excluding hydrogens is 264 g/mol. The van der Waals surface area contributed by atoms with Crippen LogP contribution in [0, 0.1) is 0 Å². The Labute approximate surface area is 127 Å². The average Bonchev–Trinajstić information content (AvgIpc) is 2.82. The van der Waals surface area contributed by atoms with Gasteiger partial charge in [0.05, 0.1) is 12.0 Å². The lowest BCUT2D eigenvalue weighted by Crippen LogP contribution is -2.41. The van der Waals surface area contributed by atoms with Crippen LogP contribution >= 0.6 is 0 Å². The molecule has 0 spiro atoms. The van der Waals surface area contributed by atoms with Crippen molar-refractivity contribution in [3.8, 4) is 0 Å². The molecule has 5 heteroatoms. The van der Waals surface area contributed by atoms with Crippen LogP contribution in [0.4, 0.5) is 0 Å². The molecule has 1 amide bonds. The van der Waals surface area contributed by atoms with Gasteiger partial charge < -0.3 is 15.2 Å². The summed E-state index contributed by atoms with van der Waals surface area (Å²) < 4.78 is 2.11. The molecule has 21 heavy (non-hydrogen) atoms. The highest BCUT2D eigenvalue weighted by atomic mass is 16.1. The number of piperidine rings is 1. The number of aryl methyl sites for hydroxylation is 1. The molecule has 0 saturated carbocycles. The monoisotopic (exact) mass is 292 g/mol. The van der Waals surface area contributed by atoms with Crippen LogP contribution in [0.1, 0.15) is 65.1 Å². The summed E-state index contributed by atoms with van der Waals surface area (Å²) in [5.41, 5.74) is 1.03. The van der Waals surface area contributed by atoms with Crippen LogP contribution in [0.25, 0.3) is 0 Å². The van der Waals surface area contributed by atoms with E-state index in [0.29, 0.717) is 25.0 Å². The van der Waals surface area contributed by atoms with E-state index >= 15 is 0 Å². The summed E-state index contributed by atoms with van der Waals surface area (Å²) in [6.45, 7) is 8.91. The summed E-state index contributed by atoms with van der Waals surface area (Å²) in [6.07, 6.45) is 7.87. The molecule has 2 heterocycles. The Morgan fingerprint density at radius 3 is 2.90 bits per heavy atom. The van der Waals surface area contributed by atoms with Crippen molar-refractivity contribution in [3.05, 3.63) is 18.2 Å². The quantitative estimate of drug-likeness (QED) is 0.896. The molecule has 2 unspecified atom stereocenters. The van der Waals surface area contributed by atoms with Crippen molar-refractivity contribution >= 4 is 5.91 Å². The number of hydrogen-bond donors (Lipinski definition) is 2. The van der Waals surface area contributed by atoms with E-state index in [0.717, 1.165) is 6.42 Å². The standard InChI is InChI=1S/C16H28N4O/c1-12-6-5-7-13(18-12)14-10-17-11-20(14)9-8-15(21)19-16(2,3)4/h10-13,18H,5-9H2,1-4H3,(H,19,21). The molecule has 0 aromatic carbocycles. The average molecular weight is 292 g/mol. The van der Waals surface area contributed by atoms with Gasteiger partial charge in [0.15, 0.2) is 0 Å². The summed E-state index contributed by atoms with van der Waals surface area (Å²) in [7, 11) is 0. The van der Waals surface area contributed by atoms with E-state index in [4.69, 9.17) is 0 Å². The fourth-order valence-electron chi connectivity index (χ4n) is 2.88. The maximum atomic E-state index is 11.9. The van der Waals surface area contributed by atoms with Crippen molar-refractivity contribution in [2.45, 2.75) is 77.5 Å². The van der Waals surface area contributed by atoms with Crippen molar-refractivity contribution in [2.75, 3.05) is 0 Å². The molecule has 5 nitrogen and oxygen atoms in total. The lowest BCUT2D eigenvalue weighted by atomic mass is 9.97. The van der Waals surface area contributed by atoms with Crippen LogP contribution in [-0.4, -0.2) is 27.0 Å². The number of amides is 1. The molecule has 1 aliphatic heterocycles. The van der Waals surface area contributed by atoms with Crippen molar-refractivity contribution in [3.63, 3.8) is 0 Å². The van der Waals surface area contributed by atoms with Gasteiger partial charge in [-0.1, -0.05) is 0 Å². The topological polar surface area (TPSA) is 59.0 Å². The first-order chi connectivity index (χ1) is 9.85. The maximum absolute atomic E-state index is 11.9. The predicted octanol–water partition coefficient (Wildman–Crippen LogP) is 2.39. The van der Waals surface area contributed by atoms with Gasteiger partial charge >= 0.3 is 0 Å². The predicted molar refractivity (Wildman–Crippen MR) is 83.9 cm³/mol. The maximum Gasteiger partial charge on any atom is 0.222 e. The number of imidazole rings is 1. The molecule has 2 rings (SSSR count). The Bertz CT molecular complexity index is 475. The normalized spacial score (nSPS) is 23.0. The number of hydrogen-bond acceptors (Lipinski definition) is 3. The number of aromatic nitrogens is 2. The summed E-state index contributed by atoms with van der Waals surface area (Å²) >= 11 is 0. The Morgan fingerprint density at radius 2 is 2.24 bits per heavy atom. The second kappa shape index (κ2) is 6.60. The third kappa shape index (κ3) is 4.84. The largest absolute Gasteiger partial charge is 0.351 e. The van der Waals surface area contributed by atoms with Gasteiger partial charge in [-0.05, 0) is 47.0 Å². The number of carbonyl (C=O) groups excluding carboxylic acids is 1. The summed E-state index contributed by atoms with van der Waals surface area (Å²) in [5, 5.41) is 6.62. The smallest absolute Gasteiger partial charge is 0.222 e. The molecule has 1 aromatic heterocycles. The number of rotatable bonds is 4. The molecule has 1 fully saturated rings. The molecule has 2 atom stereocenters. The molecule has 0 radical (unpaired) electrons. The molecule has 1 aliphatic rings. The van der Waals surface area contributed by atoms with Crippen LogP contribution in [0.5, 0.6) is 0 Å². The lowest BCUT2D eigenvalue weighted by molar-refractivity contribution is -0.122. The third-order valence-electron chi connectivity index (χ3n) is 3.81. The Balaban J connectivity index is 1.93. The highest BCUT2D eigenvalue weighted by Crippen LogP contribution is 2.25. The van der Waals surface area contributed by atoms with E-state index in [1.54, 1.807) is 0 Å². The highest BCUT2D eigenvalue weighted by molar-refractivity contribution is 5.76. The third-order valence-corrected chi connectivity index (χ3v) is 3.81. The van der Waals surface area contributed by atoms with Gasteiger partial charge in [0, 0.05) is 36.8 Å². The Morgan fingerprint density at radius 1 is 1.48 bits per heavy atom. The first-order valence-corrected chi connectivity index (χ1v) is 7.92. The van der Waals surface area contributed by atoms with Crippen LogP contribution < -0.4 is 10.6 Å². The Kier molecular flexibility index (Phi) is 5.04. The van der Waals surface area contributed by atoms with E-state index in [9.17, 15) is 4.79 Å². The molecule has 1 aromatic rings. The second-order valence-electron chi connectivity index (χ2n) is 7.11. The van der Waals surface area contributed by atoms with Crippen molar-refractivity contribution < 1.29 is 4.79 Å². The molecular formula is C16H28N4O. The van der Waals surface area contributed by atoms with Gasteiger partial charge in [0.1, 0.15) is 0 Å². The van der Waals surface area contributed by atoms with Crippen LogP contribution in [0.15, 0.2) is 12.5 Å². The minimum atomic E-state index is -0.171. The first-order valence-electron chi connectivity index (χ1n) is 7.92. The van der Waals surface area contributed by atoms with E-state index in [2.05, 4.69) is 27.1 Å². The van der Waals surface area contributed by atoms with E-state index in [1.807, 2.05) is 33.3 Å². The van der Waals surface area contributed by atoms with Gasteiger partial charge in [0.2, 0.25) is 5.91 Å². The zero-order chi connectivity index (χ0) is 15.5. The van der Waals surface area contributed by atoms with Crippen LogP contribution in [0.3, 0.4) is 0 Å². The van der Waals surface area contributed by atoms with Crippen LogP contribution in [-0.2, 0) is 11.3 Å². The Hall–Kier alpha value is -1.36. The van der Waals surface area contributed by atoms with E-state index in [-0.39, 0.29) is 11.4 Å². The fourth-order valence-corrected chi connectivity index (χ4v) is 2.88. The minimum Gasteiger partial charge on any atom is -0.351 e. The first kappa shape index (κ1) is 16.0. The van der Waals surface area contributed by atoms with Gasteiger partial charge in [-0.3, -0.25) is 4.79 Å². The zero-order valence-corrected chi connectivity index (χ0v) is 13.6. The number of nitrogens with one attached hydrogen (secondary N) is 2. The van der Waals surface area contributed by atoms with Crippen molar-refractivity contribution in [2.24, 2.45) is 0 Å². The zero-order valence-electron chi connectivity index (χ0n) is 13.6. The van der Waals surface area contributed by atoms with E-state index in [1.165, 1.54) is 18.5 Å². The SMILES string of the molecule is CC1CCCC(c2cncn2CCC(=O)NC(C)(C)C)N1. The molecule has 0 aliphatic carbocycles. The number of carbonyl (C=O) groups is 1. The van der Waals surface area contributed by atoms with Gasteiger partial charge in [-0.2, -0.15) is 0 Å². The molecule has 0 bridgehead atoms. The highest BCUT2D eigenvalue weighted by Gasteiger charge is 2.22. The summed E-state index contributed by atoms with van der Waals surface area (Å²) in [6, 6.07) is 0.915. The van der Waals surface area contributed by atoms with Crippen LogP contribution in [0.2, 0.25) is 0 Å². The molecule has 2 N–H and O–H groups in total. The van der Waals surface area contributed by atoms with Crippen molar-refractivity contribution in [1.82, 2.24) is 20.2 Å². The summed E-state index contributed by atoms with van der Waals surface area (Å²) in [4.78, 5) is 16.2. The minimum absolute atomic E-state index is 0.0899. The van der Waals surface area contributed by atoms with Gasteiger partial charge in [-0.25, -0.2) is 4.98 Å². The molecule has 1 saturated heterocycles. The fraction of sp³-hybridized carbons (Fsp3) is 0.750. The lowest BCUT2D eigenvalue weighted by Gasteiger charge is -2.29. The van der Waals surface area contributed by atoms with Gasteiger partial charge in [-0.15, -0.1) is 0 Å². The summed E-state index contributed by atoms with van der Waals surface area (Å²) in [5.74, 6) is 0.0899. The molecule has 118 valence electrons. The second-order valence-corrected chi connectivity index (χ2v) is 7.11.